The van der Waals surface area contributed by atoms with Gasteiger partial charge in [0, 0.05) is 0 Å². The molecule has 0 atom stereocenters. The summed E-state index contributed by atoms with van der Waals surface area (Å²) in [5, 5.41) is 9.76. The fourth-order valence-corrected chi connectivity index (χ4v) is 1.95. The minimum Gasteiger partial charge on any atom is -0.506 e. The molecule has 2 rings (SSSR count). The second kappa shape index (κ2) is 3.79. The maximum Gasteiger partial charge on any atom is 0.414 e. The van der Waals surface area contributed by atoms with E-state index in [1.165, 1.54) is 17.0 Å². The van der Waals surface area contributed by atoms with E-state index in [-0.39, 0.29) is 10.8 Å². The summed E-state index contributed by atoms with van der Waals surface area (Å²) in [6.07, 6.45) is -0.510. The highest BCUT2D eigenvalue weighted by atomic mass is 35.5. The Morgan fingerprint density at radius 1 is 1.40 bits per heavy atom. The Labute approximate surface area is 96.0 Å². The van der Waals surface area contributed by atoms with Crippen LogP contribution in [-0.4, -0.2) is 24.4 Å². The molecule has 1 aromatic rings. The summed E-state index contributed by atoms with van der Waals surface area (Å²) in [5.74, 6) is -0.115. The molecule has 1 heterocycles. The van der Waals surface area contributed by atoms with Crippen LogP contribution in [0.1, 0.15) is 0 Å². The molecule has 15 heavy (non-hydrogen) atoms. The normalized spacial score (nSPS) is 15.6. The Morgan fingerprint density at radius 2 is 2.13 bits per heavy atom. The fraction of sp³-hybridized carbons (Fsp3) is 0.222. The van der Waals surface area contributed by atoms with Crippen LogP contribution in [0, 0.1) is 0 Å². The molecule has 1 aliphatic heterocycles. The number of carbonyl (C=O) groups is 1. The average molecular weight is 248 g/mol. The van der Waals surface area contributed by atoms with Crippen LogP contribution in [0.25, 0.3) is 0 Å². The number of benzene rings is 1. The summed E-state index contributed by atoms with van der Waals surface area (Å²) < 4.78 is 4.76. The summed E-state index contributed by atoms with van der Waals surface area (Å²) in [6.45, 7) is 0.670. The van der Waals surface area contributed by atoms with Gasteiger partial charge < -0.3 is 9.84 Å². The molecule has 1 fully saturated rings. The maximum atomic E-state index is 11.3. The summed E-state index contributed by atoms with van der Waals surface area (Å²) in [6, 6.07) is 2.85. The zero-order chi connectivity index (χ0) is 11.0. The molecule has 1 amide bonds. The van der Waals surface area contributed by atoms with Gasteiger partial charge in [0.15, 0.2) is 0 Å². The van der Waals surface area contributed by atoms with E-state index in [1.807, 2.05) is 0 Å². The molecule has 0 aliphatic carbocycles. The summed E-state index contributed by atoms with van der Waals surface area (Å²) in [4.78, 5) is 12.6. The SMILES string of the molecule is O=C1OCCN1c1c(Cl)ccc(O)c1Cl. The number of amides is 1. The number of nitrogens with zero attached hydrogens (tertiary/aromatic N) is 1. The van der Waals surface area contributed by atoms with Gasteiger partial charge in [-0.3, -0.25) is 4.90 Å². The Bertz CT molecular complexity index is 422. The van der Waals surface area contributed by atoms with Crippen molar-refractivity contribution in [2.24, 2.45) is 0 Å². The van der Waals surface area contributed by atoms with E-state index in [0.29, 0.717) is 23.9 Å². The second-order valence-corrected chi connectivity index (χ2v) is 3.78. The Hall–Kier alpha value is -1.13. The lowest BCUT2D eigenvalue weighted by atomic mass is 10.2. The van der Waals surface area contributed by atoms with Crippen molar-refractivity contribution in [2.45, 2.75) is 0 Å². The molecule has 1 N–H and O–H groups in total. The fourth-order valence-electron chi connectivity index (χ4n) is 1.37. The zero-order valence-electron chi connectivity index (χ0n) is 7.54. The van der Waals surface area contributed by atoms with Gasteiger partial charge >= 0.3 is 6.09 Å². The van der Waals surface area contributed by atoms with Gasteiger partial charge in [-0.25, -0.2) is 4.79 Å². The zero-order valence-corrected chi connectivity index (χ0v) is 9.05. The van der Waals surface area contributed by atoms with E-state index >= 15 is 0 Å². The molecular weight excluding hydrogens is 241 g/mol. The molecule has 0 bridgehead atoms. The van der Waals surface area contributed by atoms with Crippen molar-refractivity contribution in [3.63, 3.8) is 0 Å². The van der Waals surface area contributed by atoms with Gasteiger partial charge in [0.2, 0.25) is 0 Å². The van der Waals surface area contributed by atoms with Gasteiger partial charge in [0.25, 0.3) is 0 Å². The van der Waals surface area contributed by atoms with Crippen molar-refractivity contribution in [3.05, 3.63) is 22.2 Å². The van der Waals surface area contributed by atoms with E-state index in [2.05, 4.69) is 0 Å². The van der Waals surface area contributed by atoms with Crippen molar-refractivity contribution in [1.82, 2.24) is 0 Å². The first-order valence-electron chi connectivity index (χ1n) is 4.22. The predicted octanol–water partition coefficient (Wildman–Crippen LogP) is 2.66. The number of halogens is 2. The van der Waals surface area contributed by atoms with Gasteiger partial charge in [-0.15, -0.1) is 0 Å². The molecule has 0 radical (unpaired) electrons. The summed E-state index contributed by atoms with van der Waals surface area (Å²) >= 11 is 11.8. The van der Waals surface area contributed by atoms with Crippen LogP contribution in [0.2, 0.25) is 10.0 Å². The van der Waals surface area contributed by atoms with Crippen LogP contribution in [0.4, 0.5) is 10.5 Å². The van der Waals surface area contributed by atoms with Gasteiger partial charge in [0.05, 0.1) is 17.3 Å². The predicted molar refractivity (Wildman–Crippen MR) is 56.8 cm³/mol. The van der Waals surface area contributed by atoms with E-state index in [0.717, 1.165) is 0 Å². The number of anilines is 1. The quantitative estimate of drug-likeness (QED) is 0.831. The van der Waals surface area contributed by atoms with Gasteiger partial charge in [0.1, 0.15) is 17.4 Å². The molecule has 0 saturated carbocycles. The monoisotopic (exact) mass is 247 g/mol. The Kier molecular flexibility index (Phi) is 2.63. The highest BCUT2D eigenvalue weighted by Crippen LogP contribution is 2.40. The maximum absolute atomic E-state index is 11.3. The van der Waals surface area contributed by atoms with Crippen molar-refractivity contribution >= 4 is 35.0 Å². The molecule has 1 saturated heterocycles. The number of phenolic OH excluding ortho intramolecular Hbond substituents is 1. The lowest BCUT2D eigenvalue weighted by Crippen LogP contribution is -2.24. The van der Waals surface area contributed by atoms with E-state index in [4.69, 9.17) is 27.9 Å². The number of phenols is 1. The minimum absolute atomic E-state index is 0.0568. The largest absolute Gasteiger partial charge is 0.506 e. The average Bonchev–Trinajstić information content (AvgIpc) is 2.60. The number of carbonyl (C=O) groups excluding carboxylic acids is 1. The number of ether oxygens (including phenoxy) is 1. The standard InChI is InChI=1S/C9H7Cl2NO3/c10-5-1-2-6(13)7(11)8(5)12-3-4-15-9(12)14/h1-2,13H,3-4H2. The third-order valence-corrected chi connectivity index (χ3v) is 2.75. The van der Waals surface area contributed by atoms with Gasteiger partial charge in [-0.1, -0.05) is 23.2 Å². The minimum atomic E-state index is -0.510. The molecule has 1 aliphatic rings. The van der Waals surface area contributed by atoms with Crippen LogP contribution >= 0.6 is 23.2 Å². The lowest BCUT2D eigenvalue weighted by Gasteiger charge is -2.16. The molecular formula is C9H7Cl2NO3. The number of rotatable bonds is 1. The van der Waals surface area contributed by atoms with E-state index in [1.54, 1.807) is 0 Å². The van der Waals surface area contributed by atoms with Crippen LogP contribution < -0.4 is 4.90 Å². The highest BCUT2D eigenvalue weighted by molar-refractivity contribution is 6.40. The number of hydrogen-bond acceptors (Lipinski definition) is 3. The van der Waals surface area contributed by atoms with Crippen LogP contribution in [0.3, 0.4) is 0 Å². The molecule has 0 spiro atoms. The second-order valence-electron chi connectivity index (χ2n) is 3.00. The topological polar surface area (TPSA) is 49.8 Å². The molecule has 80 valence electrons. The molecule has 0 unspecified atom stereocenters. The van der Waals surface area contributed by atoms with Crippen molar-refractivity contribution in [1.29, 1.82) is 0 Å². The van der Waals surface area contributed by atoms with E-state index in [9.17, 15) is 9.90 Å². The van der Waals surface area contributed by atoms with Crippen molar-refractivity contribution < 1.29 is 14.6 Å². The summed E-state index contributed by atoms with van der Waals surface area (Å²) in [7, 11) is 0. The van der Waals surface area contributed by atoms with Crippen LogP contribution in [0.5, 0.6) is 5.75 Å². The third kappa shape index (κ3) is 1.70. The number of hydrogen-bond donors (Lipinski definition) is 1. The number of cyclic esters (lactones) is 1. The van der Waals surface area contributed by atoms with Crippen molar-refractivity contribution in [2.75, 3.05) is 18.1 Å². The van der Waals surface area contributed by atoms with Gasteiger partial charge in [-0.05, 0) is 12.1 Å². The van der Waals surface area contributed by atoms with E-state index < -0.39 is 6.09 Å². The molecule has 0 aromatic heterocycles. The first kappa shape index (κ1) is 10.4. The van der Waals surface area contributed by atoms with Crippen LogP contribution in [-0.2, 0) is 4.74 Å². The Morgan fingerprint density at radius 3 is 2.73 bits per heavy atom. The molecule has 1 aromatic carbocycles. The smallest absolute Gasteiger partial charge is 0.414 e. The van der Waals surface area contributed by atoms with Gasteiger partial charge in [-0.2, -0.15) is 0 Å². The third-order valence-electron chi connectivity index (χ3n) is 2.08. The Balaban J connectivity index is 2.51. The lowest BCUT2D eigenvalue weighted by molar-refractivity contribution is 0.181. The first-order chi connectivity index (χ1) is 7.11. The van der Waals surface area contributed by atoms with Crippen molar-refractivity contribution in [3.8, 4) is 5.75 Å². The van der Waals surface area contributed by atoms with Crippen LogP contribution in [0.15, 0.2) is 12.1 Å². The molecule has 4 nitrogen and oxygen atoms in total. The molecule has 6 heteroatoms. The highest BCUT2D eigenvalue weighted by Gasteiger charge is 2.28. The summed E-state index contributed by atoms with van der Waals surface area (Å²) in [5.41, 5.74) is 0.292. The number of aromatic hydroxyl groups is 1. The first-order valence-corrected chi connectivity index (χ1v) is 4.98.